The summed E-state index contributed by atoms with van der Waals surface area (Å²) < 4.78 is 13.2. The largest absolute Gasteiger partial charge is 0.390 e. The number of carbonyl (C=O) groups excluding carboxylic acids is 1. The number of carbonyl (C=O) groups is 1. The summed E-state index contributed by atoms with van der Waals surface area (Å²) in [6.45, 7) is 9.77. The van der Waals surface area contributed by atoms with E-state index in [0.29, 0.717) is 30.1 Å². The lowest BCUT2D eigenvalue weighted by atomic mass is 9.42. The van der Waals surface area contributed by atoms with Gasteiger partial charge in [0.05, 0.1) is 24.9 Å². The molecule has 0 aromatic rings. The molecule has 4 saturated carbocycles. The molecule has 0 aromatic carbocycles. The summed E-state index contributed by atoms with van der Waals surface area (Å²) >= 11 is 0. The zero-order valence-electron chi connectivity index (χ0n) is 20.6. The zero-order chi connectivity index (χ0) is 23.6. The predicted molar refractivity (Wildman–Crippen MR) is 121 cm³/mol. The standard InChI is InChI=1S/C27H42O6/c1-14-5-8-27(32-13-14)15(2)23-21(33-27)10-18-16-9-22(30)26(31)12-20(29)19(28)11-25(26,4)17(16)6-7-24(18,23)3/h14-21,23,28-29,31H,5-13H2,1-4H3/t14?,15-,16+,17-,18-,19+,20-,21?,23-,24-,25+,26+,27+/m0/s1. The van der Waals surface area contributed by atoms with Crippen LogP contribution in [-0.4, -0.2) is 57.4 Å². The number of ether oxygens (including phenoxy) is 2. The van der Waals surface area contributed by atoms with E-state index in [9.17, 15) is 20.1 Å². The van der Waals surface area contributed by atoms with Crippen LogP contribution in [0, 0.1) is 46.3 Å². The Labute approximate surface area is 197 Å². The molecule has 6 rings (SSSR count). The highest BCUT2D eigenvalue weighted by molar-refractivity contribution is 5.89. The number of rotatable bonds is 0. The summed E-state index contributed by atoms with van der Waals surface area (Å²) in [6.07, 6.45) is 3.96. The van der Waals surface area contributed by atoms with E-state index in [1.165, 1.54) is 0 Å². The van der Waals surface area contributed by atoms with Crippen molar-refractivity contribution < 1.29 is 29.6 Å². The van der Waals surface area contributed by atoms with Crippen LogP contribution in [0.4, 0.5) is 0 Å². The quantitative estimate of drug-likeness (QED) is 0.512. The monoisotopic (exact) mass is 462 g/mol. The first-order valence-corrected chi connectivity index (χ1v) is 13.4. The summed E-state index contributed by atoms with van der Waals surface area (Å²) in [6, 6.07) is 0. The fraction of sp³-hybridized carbons (Fsp3) is 0.963. The third-order valence-electron chi connectivity index (χ3n) is 11.9. The van der Waals surface area contributed by atoms with E-state index in [2.05, 4.69) is 20.8 Å². The maximum atomic E-state index is 13.4. The van der Waals surface area contributed by atoms with Crippen molar-refractivity contribution in [3.8, 4) is 0 Å². The molecular weight excluding hydrogens is 420 g/mol. The van der Waals surface area contributed by atoms with Gasteiger partial charge in [0.1, 0.15) is 5.60 Å². The van der Waals surface area contributed by atoms with Crippen LogP contribution in [0.1, 0.15) is 79.1 Å². The average molecular weight is 463 g/mol. The summed E-state index contributed by atoms with van der Waals surface area (Å²) in [5.74, 6) is 1.53. The third kappa shape index (κ3) is 2.76. The Hall–Kier alpha value is -0.530. The molecule has 2 aliphatic heterocycles. The summed E-state index contributed by atoms with van der Waals surface area (Å²) in [7, 11) is 0. The number of hydrogen-bond donors (Lipinski definition) is 3. The minimum Gasteiger partial charge on any atom is -0.390 e. The molecule has 0 radical (unpaired) electrons. The number of Topliss-reactive ketones (excluding diaryl/α,β-unsaturated/α-hetero) is 1. The van der Waals surface area contributed by atoms with Gasteiger partial charge in [-0.1, -0.05) is 27.7 Å². The smallest absolute Gasteiger partial charge is 0.171 e. The van der Waals surface area contributed by atoms with Gasteiger partial charge in [-0.05, 0) is 67.1 Å². The van der Waals surface area contributed by atoms with E-state index in [1.54, 1.807) is 0 Å². The molecule has 3 N–H and O–H groups in total. The molecule has 6 aliphatic rings. The molecule has 33 heavy (non-hydrogen) atoms. The van der Waals surface area contributed by atoms with Crippen LogP contribution in [0.5, 0.6) is 0 Å². The second kappa shape index (κ2) is 7.03. The number of aliphatic hydroxyl groups is 3. The van der Waals surface area contributed by atoms with Crippen LogP contribution in [0.2, 0.25) is 0 Å². The molecule has 6 fully saturated rings. The van der Waals surface area contributed by atoms with Crippen molar-refractivity contribution in [3.63, 3.8) is 0 Å². The number of aliphatic hydroxyl groups excluding tert-OH is 2. The van der Waals surface area contributed by atoms with Gasteiger partial charge in [0.15, 0.2) is 11.6 Å². The van der Waals surface area contributed by atoms with Crippen LogP contribution < -0.4 is 0 Å². The van der Waals surface area contributed by atoms with Crippen molar-refractivity contribution in [1.82, 2.24) is 0 Å². The van der Waals surface area contributed by atoms with Gasteiger partial charge in [-0.3, -0.25) is 4.79 Å². The van der Waals surface area contributed by atoms with Crippen LogP contribution in [-0.2, 0) is 14.3 Å². The number of fused-ring (bicyclic) bond motifs is 7. The first-order valence-electron chi connectivity index (χ1n) is 13.4. The second-order valence-electron chi connectivity index (χ2n) is 13.3. The van der Waals surface area contributed by atoms with Crippen molar-refractivity contribution in [3.05, 3.63) is 0 Å². The molecule has 0 bridgehead atoms. The van der Waals surface area contributed by atoms with E-state index in [1.807, 2.05) is 6.92 Å². The molecule has 4 aliphatic carbocycles. The van der Waals surface area contributed by atoms with Gasteiger partial charge in [0, 0.05) is 30.6 Å². The molecule has 1 spiro atoms. The van der Waals surface area contributed by atoms with Crippen molar-refractivity contribution in [1.29, 1.82) is 0 Å². The van der Waals surface area contributed by atoms with Crippen LogP contribution >= 0.6 is 0 Å². The molecule has 6 heteroatoms. The Morgan fingerprint density at radius 1 is 1.00 bits per heavy atom. The molecular formula is C27H42O6. The highest BCUT2D eigenvalue weighted by Gasteiger charge is 2.72. The SMILES string of the molecule is CC1CC[C@@]2(OC1)OC1C[C@H]3[C@@H]4CC(=O)[C@]5(O)C[C@H](O)[C@H](O)C[C@]5(C)[C@H]4CC[C@]3(C)[C@H]1[C@@H]2C. The van der Waals surface area contributed by atoms with Crippen molar-refractivity contribution >= 4 is 5.78 Å². The first-order chi connectivity index (χ1) is 15.5. The normalized spacial score (nSPS) is 62.5. The molecule has 6 nitrogen and oxygen atoms in total. The van der Waals surface area contributed by atoms with Gasteiger partial charge in [-0.2, -0.15) is 0 Å². The van der Waals surface area contributed by atoms with Gasteiger partial charge in [-0.25, -0.2) is 0 Å². The predicted octanol–water partition coefficient (Wildman–Crippen LogP) is 3.06. The third-order valence-corrected chi connectivity index (χ3v) is 11.9. The fourth-order valence-corrected chi connectivity index (χ4v) is 10.1. The van der Waals surface area contributed by atoms with Crippen molar-refractivity contribution in [2.75, 3.05) is 6.61 Å². The minimum absolute atomic E-state index is 0.0433. The van der Waals surface area contributed by atoms with Crippen molar-refractivity contribution in [2.24, 2.45) is 46.3 Å². The molecule has 2 heterocycles. The van der Waals surface area contributed by atoms with Crippen molar-refractivity contribution in [2.45, 2.75) is 109 Å². The lowest BCUT2D eigenvalue weighted by molar-refractivity contribution is -0.274. The summed E-state index contributed by atoms with van der Waals surface area (Å²) in [4.78, 5) is 13.4. The summed E-state index contributed by atoms with van der Waals surface area (Å²) in [5.41, 5.74) is -2.13. The molecule has 0 aromatic heterocycles. The maximum Gasteiger partial charge on any atom is 0.171 e. The van der Waals surface area contributed by atoms with Crippen LogP contribution in [0.25, 0.3) is 0 Å². The minimum atomic E-state index is -1.53. The fourth-order valence-electron chi connectivity index (χ4n) is 10.1. The first kappa shape index (κ1) is 22.9. The highest BCUT2D eigenvalue weighted by atomic mass is 16.7. The zero-order valence-corrected chi connectivity index (χ0v) is 20.6. The van der Waals surface area contributed by atoms with E-state index < -0.39 is 29.0 Å². The summed E-state index contributed by atoms with van der Waals surface area (Å²) in [5, 5.41) is 32.4. The Balaban J connectivity index is 1.31. The van der Waals surface area contributed by atoms with Gasteiger partial charge in [-0.15, -0.1) is 0 Å². The molecule has 2 saturated heterocycles. The van der Waals surface area contributed by atoms with Crippen LogP contribution in [0.3, 0.4) is 0 Å². The molecule has 2 unspecified atom stereocenters. The van der Waals surface area contributed by atoms with Crippen LogP contribution in [0.15, 0.2) is 0 Å². The van der Waals surface area contributed by atoms with Gasteiger partial charge >= 0.3 is 0 Å². The van der Waals surface area contributed by atoms with E-state index in [0.717, 1.165) is 38.7 Å². The Morgan fingerprint density at radius 3 is 2.42 bits per heavy atom. The number of ketones is 1. The molecule has 13 atom stereocenters. The van der Waals surface area contributed by atoms with Gasteiger partial charge in [0.25, 0.3) is 0 Å². The lowest BCUT2D eigenvalue weighted by Gasteiger charge is -2.63. The van der Waals surface area contributed by atoms with E-state index >= 15 is 0 Å². The number of hydrogen-bond acceptors (Lipinski definition) is 6. The Bertz CT molecular complexity index is 836. The van der Waals surface area contributed by atoms with E-state index in [-0.39, 0.29) is 42.0 Å². The topological polar surface area (TPSA) is 96.2 Å². The van der Waals surface area contributed by atoms with Gasteiger partial charge in [0.2, 0.25) is 0 Å². The van der Waals surface area contributed by atoms with E-state index in [4.69, 9.17) is 9.47 Å². The van der Waals surface area contributed by atoms with Gasteiger partial charge < -0.3 is 24.8 Å². The Morgan fingerprint density at radius 2 is 1.73 bits per heavy atom. The maximum absolute atomic E-state index is 13.4. The lowest BCUT2D eigenvalue weighted by Crippen LogP contribution is -2.69. The molecule has 0 amide bonds. The Kier molecular flexibility index (Phi) is 4.88. The second-order valence-corrected chi connectivity index (χ2v) is 13.3. The highest BCUT2D eigenvalue weighted by Crippen LogP contribution is 2.71. The average Bonchev–Trinajstić information content (AvgIpc) is 3.19. The molecule has 186 valence electrons.